The van der Waals surface area contributed by atoms with Crippen molar-refractivity contribution in [3.05, 3.63) is 35.2 Å². The van der Waals surface area contributed by atoms with Crippen LogP contribution in [0.15, 0.2) is 30.3 Å². The molecule has 0 unspecified atom stereocenters. The molecule has 0 aliphatic heterocycles. The van der Waals surface area contributed by atoms with Crippen LogP contribution in [0.3, 0.4) is 0 Å². The molecule has 1 aliphatic rings. The fourth-order valence-electron chi connectivity index (χ4n) is 2.27. The van der Waals surface area contributed by atoms with E-state index < -0.39 is 0 Å². The zero-order valence-corrected chi connectivity index (χ0v) is 9.18. The monoisotopic (exact) mass is 202 g/mol. The third-order valence-corrected chi connectivity index (χ3v) is 4.68. The van der Waals surface area contributed by atoms with E-state index in [9.17, 15) is 0 Å². The van der Waals surface area contributed by atoms with E-state index in [1.54, 1.807) is 4.88 Å². The Labute approximate surface area is 88.6 Å². The van der Waals surface area contributed by atoms with Gasteiger partial charge in [0.05, 0.1) is 0 Å². The van der Waals surface area contributed by atoms with Crippen molar-refractivity contribution in [3.8, 4) is 0 Å². The van der Waals surface area contributed by atoms with Gasteiger partial charge in [-0.2, -0.15) is 0 Å². The van der Waals surface area contributed by atoms with Crippen LogP contribution in [0, 0.1) is 5.92 Å². The van der Waals surface area contributed by atoms with Gasteiger partial charge in [-0.15, -0.1) is 11.3 Å². The van der Waals surface area contributed by atoms with Crippen molar-refractivity contribution < 1.29 is 0 Å². The van der Waals surface area contributed by atoms with Gasteiger partial charge in [0.2, 0.25) is 0 Å². The van der Waals surface area contributed by atoms with Crippen molar-refractivity contribution in [1.29, 1.82) is 0 Å². The Kier molecular flexibility index (Phi) is 1.88. The average Bonchev–Trinajstić information content (AvgIpc) is 2.58. The quantitative estimate of drug-likeness (QED) is 0.642. The van der Waals surface area contributed by atoms with Crippen LogP contribution < -0.4 is 0 Å². The molecule has 0 spiro atoms. The lowest BCUT2D eigenvalue weighted by molar-refractivity contribution is 0.284. The van der Waals surface area contributed by atoms with Gasteiger partial charge >= 0.3 is 0 Å². The summed E-state index contributed by atoms with van der Waals surface area (Å²) < 4.78 is 1.45. The third-order valence-electron chi connectivity index (χ3n) is 3.43. The van der Waals surface area contributed by atoms with Crippen LogP contribution in [-0.2, 0) is 0 Å². The molecular formula is C13H14S. The highest BCUT2D eigenvalue weighted by atomic mass is 32.1. The van der Waals surface area contributed by atoms with Crippen LogP contribution in [0.1, 0.15) is 30.6 Å². The molecule has 0 nitrogen and oxygen atoms in total. The fraction of sp³-hybridized carbons (Fsp3) is 0.385. The minimum atomic E-state index is 0.854. The summed E-state index contributed by atoms with van der Waals surface area (Å²) in [5, 5.41) is 1.42. The standard InChI is InChI=1S/C13H14S/c1-9-6-7-11(9)13-8-10-4-2-3-5-12(10)14-13/h2-5,8-9,11H,6-7H2,1H3/t9-,11-/m0/s1. The lowest BCUT2D eigenvalue weighted by atomic mass is 9.74. The lowest BCUT2D eigenvalue weighted by Gasteiger charge is -2.32. The Hall–Kier alpha value is -0.820. The smallest absolute Gasteiger partial charge is 0.0345 e. The predicted octanol–water partition coefficient (Wildman–Crippen LogP) is 4.41. The topological polar surface area (TPSA) is 0 Å². The second-order valence-electron chi connectivity index (χ2n) is 4.35. The Bertz CT molecular complexity index is 422. The Balaban J connectivity index is 2.06. The number of benzene rings is 1. The van der Waals surface area contributed by atoms with E-state index in [1.165, 1.54) is 22.9 Å². The van der Waals surface area contributed by atoms with Gasteiger partial charge in [-0.05, 0) is 42.2 Å². The number of hydrogen-bond donors (Lipinski definition) is 0. The number of rotatable bonds is 1. The molecule has 0 bridgehead atoms. The number of thiophene rings is 1. The molecular weight excluding hydrogens is 188 g/mol. The predicted molar refractivity (Wildman–Crippen MR) is 63.0 cm³/mol. The van der Waals surface area contributed by atoms with Crippen LogP contribution in [0.4, 0.5) is 0 Å². The molecule has 1 aromatic heterocycles. The first-order valence-corrected chi connectivity index (χ1v) is 6.15. The molecule has 2 atom stereocenters. The molecule has 1 heterocycles. The van der Waals surface area contributed by atoms with Gasteiger partial charge in [0, 0.05) is 9.58 Å². The summed E-state index contributed by atoms with van der Waals surface area (Å²) in [7, 11) is 0. The van der Waals surface area contributed by atoms with Crippen LogP contribution in [0.2, 0.25) is 0 Å². The first-order chi connectivity index (χ1) is 6.84. The van der Waals surface area contributed by atoms with Crippen molar-refractivity contribution >= 4 is 21.4 Å². The number of hydrogen-bond acceptors (Lipinski definition) is 1. The summed E-state index contributed by atoms with van der Waals surface area (Å²) >= 11 is 1.98. The van der Waals surface area contributed by atoms with E-state index in [1.807, 2.05) is 11.3 Å². The Morgan fingerprint density at radius 1 is 1.21 bits per heavy atom. The minimum Gasteiger partial charge on any atom is -0.140 e. The van der Waals surface area contributed by atoms with Crippen LogP contribution in [0.25, 0.3) is 10.1 Å². The summed E-state index contributed by atoms with van der Waals surface area (Å²) in [5.74, 6) is 1.76. The zero-order chi connectivity index (χ0) is 9.54. The van der Waals surface area contributed by atoms with Gasteiger partial charge in [-0.3, -0.25) is 0 Å². The molecule has 3 rings (SSSR count). The van der Waals surface area contributed by atoms with Crippen LogP contribution in [0.5, 0.6) is 0 Å². The summed E-state index contributed by atoms with van der Waals surface area (Å²) in [6.45, 7) is 2.37. The van der Waals surface area contributed by atoms with Gasteiger partial charge in [-0.25, -0.2) is 0 Å². The first kappa shape index (κ1) is 8.49. The maximum Gasteiger partial charge on any atom is 0.0345 e. The molecule has 0 amide bonds. The normalized spacial score (nSPS) is 26.4. The van der Waals surface area contributed by atoms with Gasteiger partial charge in [0.1, 0.15) is 0 Å². The lowest BCUT2D eigenvalue weighted by Crippen LogP contribution is -2.19. The summed E-state index contributed by atoms with van der Waals surface area (Å²) in [4.78, 5) is 1.60. The van der Waals surface area contributed by atoms with Crippen molar-refractivity contribution in [2.75, 3.05) is 0 Å². The molecule has 1 saturated carbocycles. The molecule has 1 heteroatoms. The second-order valence-corrected chi connectivity index (χ2v) is 5.46. The fourth-order valence-corrected chi connectivity index (χ4v) is 3.61. The molecule has 1 aliphatic carbocycles. The Morgan fingerprint density at radius 3 is 2.71 bits per heavy atom. The highest BCUT2D eigenvalue weighted by Crippen LogP contribution is 2.45. The van der Waals surface area contributed by atoms with E-state index in [0.29, 0.717) is 0 Å². The second kappa shape index (κ2) is 3.09. The van der Waals surface area contributed by atoms with E-state index >= 15 is 0 Å². The van der Waals surface area contributed by atoms with Crippen molar-refractivity contribution in [2.45, 2.75) is 25.7 Å². The SMILES string of the molecule is C[C@H]1CC[C@@H]1c1cc2ccccc2s1. The highest BCUT2D eigenvalue weighted by molar-refractivity contribution is 7.19. The van der Waals surface area contributed by atoms with E-state index in [4.69, 9.17) is 0 Å². The molecule has 2 aromatic rings. The largest absolute Gasteiger partial charge is 0.140 e. The summed E-state index contributed by atoms with van der Waals surface area (Å²) in [6.07, 6.45) is 2.81. The number of fused-ring (bicyclic) bond motifs is 1. The van der Waals surface area contributed by atoms with Gasteiger partial charge < -0.3 is 0 Å². The summed E-state index contributed by atoms with van der Waals surface area (Å²) in [5.41, 5.74) is 0. The maximum absolute atomic E-state index is 2.39. The van der Waals surface area contributed by atoms with E-state index in [2.05, 4.69) is 37.3 Å². The minimum absolute atomic E-state index is 0.854. The van der Waals surface area contributed by atoms with Crippen LogP contribution >= 0.6 is 11.3 Å². The van der Waals surface area contributed by atoms with Crippen molar-refractivity contribution in [2.24, 2.45) is 5.92 Å². The Morgan fingerprint density at radius 2 is 2.07 bits per heavy atom. The average molecular weight is 202 g/mol. The van der Waals surface area contributed by atoms with Crippen molar-refractivity contribution in [3.63, 3.8) is 0 Å². The first-order valence-electron chi connectivity index (χ1n) is 5.33. The van der Waals surface area contributed by atoms with Crippen molar-refractivity contribution in [1.82, 2.24) is 0 Å². The molecule has 0 saturated heterocycles. The van der Waals surface area contributed by atoms with E-state index in [0.717, 1.165) is 11.8 Å². The highest BCUT2D eigenvalue weighted by Gasteiger charge is 2.29. The molecule has 0 radical (unpaired) electrons. The molecule has 1 fully saturated rings. The maximum atomic E-state index is 2.39. The van der Waals surface area contributed by atoms with Gasteiger partial charge in [0.15, 0.2) is 0 Å². The molecule has 0 N–H and O–H groups in total. The zero-order valence-electron chi connectivity index (χ0n) is 8.36. The molecule has 1 aromatic carbocycles. The van der Waals surface area contributed by atoms with Gasteiger partial charge in [0.25, 0.3) is 0 Å². The third kappa shape index (κ3) is 1.19. The van der Waals surface area contributed by atoms with E-state index in [-0.39, 0.29) is 0 Å². The molecule has 72 valence electrons. The molecule has 14 heavy (non-hydrogen) atoms. The van der Waals surface area contributed by atoms with Gasteiger partial charge in [-0.1, -0.05) is 25.1 Å². The summed E-state index contributed by atoms with van der Waals surface area (Å²) in [6, 6.07) is 11.1. The van der Waals surface area contributed by atoms with Crippen LogP contribution in [-0.4, -0.2) is 0 Å².